The van der Waals surface area contributed by atoms with Crippen LogP contribution in [0, 0.1) is 5.82 Å². The van der Waals surface area contributed by atoms with Crippen LogP contribution in [0.15, 0.2) is 29.8 Å². The Hall–Kier alpha value is -3.09. The number of hydrogen-bond donors (Lipinski definition) is 0. The predicted molar refractivity (Wildman–Crippen MR) is 121 cm³/mol. The van der Waals surface area contributed by atoms with Crippen molar-refractivity contribution in [3.05, 3.63) is 41.2 Å². The molecule has 0 fully saturated rings. The SMILES string of the molecule is CCOC(=O)/C(=C/c1ccc2c(OC)ccc(F)c2c1OC(C)C)CC(=O)OC(C)(C)C. The summed E-state index contributed by atoms with van der Waals surface area (Å²) in [6.07, 6.45) is 0.920. The standard InChI is InChI=1S/C25H31FO6/c1-8-30-24(28)17(14-21(27)32-25(4,5)6)13-16-9-10-18-20(29-7)12-11-19(26)22(18)23(16)31-15(2)3/h9-13,15H,8,14H2,1-7H3/b17-13+. The highest BCUT2D eigenvalue weighted by Crippen LogP contribution is 2.38. The highest BCUT2D eigenvalue weighted by molar-refractivity contribution is 6.01. The number of hydrogen-bond acceptors (Lipinski definition) is 6. The van der Waals surface area contributed by atoms with Crippen LogP contribution >= 0.6 is 0 Å². The molecule has 0 saturated carbocycles. The summed E-state index contributed by atoms with van der Waals surface area (Å²) in [5.74, 6) is -0.974. The van der Waals surface area contributed by atoms with Crippen molar-refractivity contribution in [1.29, 1.82) is 0 Å². The van der Waals surface area contributed by atoms with E-state index in [1.54, 1.807) is 45.9 Å². The Morgan fingerprint density at radius 3 is 2.38 bits per heavy atom. The van der Waals surface area contributed by atoms with E-state index < -0.39 is 23.4 Å². The fourth-order valence-corrected chi connectivity index (χ4v) is 3.14. The highest BCUT2D eigenvalue weighted by atomic mass is 19.1. The van der Waals surface area contributed by atoms with Gasteiger partial charge >= 0.3 is 11.9 Å². The lowest BCUT2D eigenvalue weighted by atomic mass is 10.0. The summed E-state index contributed by atoms with van der Waals surface area (Å²) in [4.78, 5) is 25.0. The zero-order valence-corrected chi connectivity index (χ0v) is 19.7. The van der Waals surface area contributed by atoms with Crippen LogP contribution in [-0.4, -0.2) is 37.4 Å². The number of rotatable bonds is 8. The van der Waals surface area contributed by atoms with Gasteiger partial charge in [0.05, 0.1) is 31.6 Å². The van der Waals surface area contributed by atoms with Gasteiger partial charge in [0.2, 0.25) is 0 Å². The van der Waals surface area contributed by atoms with Gasteiger partial charge in [-0.3, -0.25) is 4.79 Å². The average Bonchev–Trinajstić information content (AvgIpc) is 2.67. The number of carbonyl (C=O) groups excluding carboxylic acids is 2. The Labute approximate surface area is 188 Å². The average molecular weight is 447 g/mol. The van der Waals surface area contributed by atoms with E-state index in [0.29, 0.717) is 16.7 Å². The number of esters is 2. The number of ether oxygens (including phenoxy) is 4. The lowest BCUT2D eigenvalue weighted by Crippen LogP contribution is -2.25. The van der Waals surface area contributed by atoms with Crippen LogP contribution in [-0.2, 0) is 19.1 Å². The topological polar surface area (TPSA) is 71.1 Å². The van der Waals surface area contributed by atoms with E-state index in [0.717, 1.165) is 0 Å². The van der Waals surface area contributed by atoms with E-state index in [4.69, 9.17) is 18.9 Å². The number of benzene rings is 2. The first-order valence-electron chi connectivity index (χ1n) is 10.5. The lowest BCUT2D eigenvalue weighted by molar-refractivity contribution is -0.155. The van der Waals surface area contributed by atoms with Crippen LogP contribution < -0.4 is 9.47 Å². The molecule has 0 N–H and O–H groups in total. The molecule has 0 unspecified atom stereocenters. The zero-order chi connectivity index (χ0) is 24.1. The van der Waals surface area contributed by atoms with Crippen molar-refractivity contribution in [3.8, 4) is 11.5 Å². The fraction of sp³-hybridized carbons (Fsp3) is 0.440. The normalized spacial score (nSPS) is 12.1. The van der Waals surface area contributed by atoms with E-state index >= 15 is 0 Å². The number of methoxy groups -OCH3 is 1. The van der Waals surface area contributed by atoms with Gasteiger partial charge in [-0.25, -0.2) is 9.18 Å². The van der Waals surface area contributed by atoms with Crippen molar-refractivity contribution >= 4 is 28.8 Å². The van der Waals surface area contributed by atoms with Crippen molar-refractivity contribution in [3.63, 3.8) is 0 Å². The number of carbonyl (C=O) groups is 2. The van der Waals surface area contributed by atoms with Gasteiger partial charge in [-0.05, 0) is 65.8 Å². The second kappa shape index (κ2) is 10.5. The molecule has 174 valence electrons. The van der Waals surface area contributed by atoms with Gasteiger partial charge in [0, 0.05) is 16.5 Å². The molecule has 2 aromatic rings. The molecule has 0 aliphatic carbocycles. The van der Waals surface area contributed by atoms with Gasteiger partial charge in [-0.15, -0.1) is 0 Å². The molecule has 2 rings (SSSR count). The summed E-state index contributed by atoms with van der Waals surface area (Å²) >= 11 is 0. The molecule has 32 heavy (non-hydrogen) atoms. The lowest BCUT2D eigenvalue weighted by Gasteiger charge is -2.20. The van der Waals surface area contributed by atoms with E-state index in [9.17, 15) is 14.0 Å². The first-order chi connectivity index (χ1) is 15.0. The molecule has 7 heteroatoms. The summed E-state index contributed by atoms with van der Waals surface area (Å²) in [6.45, 7) is 10.7. The molecule has 6 nitrogen and oxygen atoms in total. The van der Waals surface area contributed by atoms with Crippen LogP contribution in [0.4, 0.5) is 4.39 Å². The number of halogens is 1. The van der Waals surface area contributed by atoms with Crippen molar-refractivity contribution in [2.24, 2.45) is 0 Å². The van der Waals surface area contributed by atoms with Crippen molar-refractivity contribution in [2.45, 2.75) is 59.7 Å². The maximum atomic E-state index is 14.9. The van der Waals surface area contributed by atoms with Crippen LogP contribution in [0.5, 0.6) is 11.5 Å². The van der Waals surface area contributed by atoms with Crippen molar-refractivity contribution in [1.82, 2.24) is 0 Å². The molecule has 0 saturated heterocycles. The number of fused-ring (bicyclic) bond motifs is 1. The molecular weight excluding hydrogens is 415 g/mol. The Morgan fingerprint density at radius 2 is 1.81 bits per heavy atom. The van der Waals surface area contributed by atoms with Crippen LogP contribution in [0.2, 0.25) is 0 Å². The summed E-state index contributed by atoms with van der Waals surface area (Å²) < 4.78 is 36.7. The molecule has 0 radical (unpaired) electrons. The largest absolute Gasteiger partial charge is 0.496 e. The van der Waals surface area contributed by atoms with Gasteiger partial charge in [-0.2, -0.15) is 0 Å². The van der Waals surface area contributed by atoms with Gasteiger partial charge < -0.3 is 18.9 Å². The van der Waals surface area contributed by atoms with Crippen molar-refractivity contribution < 1.29 is 32.9 Å². The Bertz CT molecular complexity index is 1020. The minimum atomic E-state index is -0.703. The molecule has 0 spiro atoms. The fourth-order valence-electron chi connectivity index (χ4n) is 3.14. The molecule has 2 aromatic carbocycles. The molecule has 0 aliphatic heterocycles. The summed E-state index contributed by atoms with van der Waals surface area (Å²) in [5.41, 5.74) is -0.187. The van der Waals surface area contributed by atoms with Crippen LogP contribution in [0.25, 0.3) is 16.8 Å². The van der Waals surface area contributed by atoms with E-state index in [2.05, 4.69) is 0 Å². The van der Waals surface area contributed by atoms with E-state index in [1.165, 1.54) is 19.3 Å². The summed E-state index contributed by atoms with van der Waals surface area (Å²) in [7, 11) is 1.50. The third-order valence-electron chi connectivity index (χ3n) is 4.27. The second-order valence-electron chi connectivity index (χ2n) is 8.48. The molecule has 0 amide bonds. The predicted octanol–water partition coefficient (Wildman–Crippen LogP) is 5.45. The highest BCUT2D eigenvalue weighted by Gasteiger charge is 2.23. The van der Waals surface area contributed by atoms with Crippen LogP contribution in [0.3, 0.4) is 0 Å². The molecular formula is C25H31FO6. The first kappa shape index (κ1) is 25.2. The van der Waals surface area contributed by atoms with Gasteiger partial charge in [0.1, 0.15) is 22.9 Å². The Morgan fingerprint density at radius 1 is 1.12 bits per heavy atom. The first-order valence-corrected chi connectivity index (χ1v) is 10.5. The van der Waals surface area contributed by atoms with Crippen LogP contribution in [0.1, 0.15) is 53.5 Å². The second-order valence-corrected chi connectivity index (χ2v) is 8.48. The van der Waals surface area contributed by atoms with E-state index in [-0.39, 0.29) is 35.8 Å². The minimum absolute atomic E-state index is 0.0809. The van der Waals surface area contributed by atoms with Crippen molar-refractivity contribution in [2.75, 3.05) is 13.7 Å². The molecule has 0 bridgehead atoms. The Balaban J connectivity index is 2.67. The smallest absolute Gasteiger partial charge is 0.334 e. The van der Waals surface area contributed by atoms with E-state index in [1.807, 2.05) is 13.8 Å². The third-order valence-corrected chi connectivity index (χ3v) is 4.27. The molecule has 0 aliphatic rings. The maximum Gasteiger partial charge on any atom is 0.334 e. The van der Waals surface area contributed by atoms with Gasteiger partial charge in [0.15, 0.2) is 0 Å². The molecule has 0 atom stereocenters. The Kier molecular flexibility index (Phi) is 8.25. The van der Waals surface area contributed by atoms with Gasteiger partial charge in [0.25, 0.3) is 0 Å². The quantitative estimate of drug-likeness (QED) is 0.396. The molecule has 0 aromatic heterocycles. The minimum Gasteiger partial charge on any atom is -0.496 e. The van der Waals surface area contributed by atoms with Gasteiger partial charge in [-0.1, -0.05) is 6.07 Å². The summed E-state index contributed by atoms with van der Waals surface area (Å²) in [6, 6.07) is 6.22. The zero-order valence-electron chi connectivity index (χ0n) is 19.7. The maximum absolute atomic E-state index is 14.9. The summed E-state index contributed by atoms with van der Waals surface area (Å²) in [5, 5.41) is 0.761. The monoisotopic (exact) mass is 446 g/mol. The molecule has 0 heterocycles. The third kappa shape index (κ3) is 6.45.